The van der Waals surface area contributed by atoms with Crippen molar-refractivity contribution >= 4 is 22.6 Å². The van der Waals surface area contributed by atoms with E-state index in [4.69, 9.17) is 9.97 Å². The van der Waals surface area contributed by atoms with E-state index in [2.05, 4.69) is 28.4 Å². The highest BCUT2D eigenvalue weighted by Crippen LogP contribution is 2.43. The van der Waals surface area contributed by atoms with Crippen LogP contribution in [0.3, 0.4) is 0 Å². The molecular formula is C26H34N4O2S. The quantitative estimate of drug-likeness (QED) is 0.699. The summed E-state index contributed by atoms with van der Waals surface area (Å²) >= 11 is 0. The van der Waals surface area contributed by atoms with Crippen LogP contribution in [0.1, 0.15) is 74.3 Å². The highest BCUT2D eigenvalue weighted by atomic mass is 32.2. The number of aromatic nitrogens is 2. The Balaban J connectivity index is 1.26. The fraction of sp³-hybridized carbons (Fsp3) is 0.615. The SMILES string of the molecule is CC1(C)Cc2nc(N3CCC(c4ccc5c(c4)CC5)CC3)nc(NC3(CO)CCC3)c2[S@@]1=O. The molecule has 3 heterocycles. The molecule has 1 aromatic heterocycles. The number of aliphatic hydroxyl groups excluding tert-OH is 1. The first kappa shape index (κ1) is 21.5. The molecule has 0 spiro atoms. The van der Waals surface area contributed by atoms with Gasteiger partial charge in [-0.25, -0.2) is 4.98 Å². The Morgan fingerprint density at radius 3 is 2.52 bits per heavy atom. The second-order valence-electron chi connectivity index (χ2n) is 11.1. The Hall–Kier alpha value is -1.99. The number of anilines is 2. The van der Waals surface area contributed by atoms with Crippen LogP contribution in [0.15, 0.2) is 23.1 Å². The molecule has 2 fully saturated rings. The van der Waals surface area contributed by atoms with Gasteiger partial charge in [0.1, 0.15) is 10.7 Å². The van der Waals surface area contributed by atoms with Crippen molar-refractivity contribution in [3.63, 3.8) is 0 Å². The highest BCUT2D eigenvalue weighted by molar-refractivity contribution is 7.87. The van der Waals surface area contributed by atoms with Crippen LogP contribution in [0, 0.1) is 0 Å². The number of hydrogen-bond acceptors (Lipinski definition) is 6. The van der Waals surface area contributed by atoms with Crippen molar-refractivity contribution in [3.8, 4) is 0 Å². The number of nitrogens with zero attached hydrogens (tertiary/aromatic N) is 3. The van der Waals surface area contributed by atoms with Gasteiger partial charge in [0.2, 0.25) is 5.95 Å². The Morgan fingerprint density at radius 2 is 1.91 bits per heavy atom. The monoisotopic (exact) mass is 466 g/mol. The normalized spacial score (nSPS) is 25.1. The minimum absolute atomic E-state index is 0.0727. The maximum Gasteiger partial charge on any atom is 0.227 e. The summed E-state index contributed by atoms with van der Waals surface area (Å²) in [5, 5.41) is 13.5. The molecule has 1 saturated carbocycles. The summed E-state index contributed by atoms with van der Waals surface area (Å²) in [6, 6.07) is 7.08. The number of aryl methyl sites for hydroxylation is 2. The first-order valence-corrected chi connectivity index (χ1v) is 13.6. The van der Waals surface area contributed by atoms with E-state index in [1.54, 1.807) is 0 Å². The van der Waals surface area contributed by atoms with E-state index < -0.39 is 10.8 Å². The number of aliphatic hydroxyl groups is 1. The number of nitrogens with one attached hydrogen (secondary N) is 1. The van der Waals surface area contributed by atoms with E-state index in [9.17, 15) is 9.32 Å². The van der Waals surface area contributed by atoms with E-state index in [-0.39, 0.29) is 16.9 Å². The summed E-state index contributed by atoms with van der Waals surface area (Å²) < 4.78 is 12.9. The van der Waals surface area contributed by atoms with Crippen LogP contribution in [0.5, 0.6) is 0 Å². The van der Waals surface area contributed by atoms with Gasteiger partial charge in [-0.15, -0.1) is 0 Å². The molecule has 7 heteroatoms. The van der Waals surface area contributed by atoms with E-state index in [1.165, 1.54) is 29.5 Å². The maximum absolute atomic E-state index is 13.3. The molecule has 1 atom stereocenters. The first-order valence-electron chi connectivity index (χ1n) is 12.5. The predicted octanol–water partition coefficient (Wildman–Crippen LogP) is 3.73. The van der Waals surface area contributed by atoms with Gasteiger partial charge in [0, 0.05) is 19.5 Å². The zero-order chi connectivity index (χ0) is 22.8. The summed E-state index contributed by atoms with van der Waals surface area (Å²) in [4.78, 5) is 12.9. The Bertz CT molecular complexity index is 1110. The standard InChI is InChI=1S/C26H34N4O2S/c1-25(2)15-21-22(33(25)32)23(29-26(16-31)10-3-11-26)28-24(27-21)30-12-8-18(9-13-30)20-7-5-17-4-6-19(17)14-20/h5,7,14,18,31H,3-4,6,8-13,15-16H2,1-2H3,(H,27,28,29)/t33-/m0/s1. The molecule has 0 radical (unpaired) electrons. The Morgan fingerprint density at radius 1 is 1.15 bits per heavy atom. The zero-order valence-electron chi connectivity index (χ0n) is 19.7. The van der Waals surface area contributed by atoms with Crippen molar-refractivity contribution in [3.05, 3.63) is 40.6 Å². The molecule has 6 rings (SSSR count). The number of fused-ring (bicyclic) bond motifs is 2. The van der Waals surface area contributed by atoms with Crippen molar-refractivity contribution in [1.82, 2.24) is 9.97 Å². The number of piperidine rings is 1. The average Bonchev–Trinajstić information content (AvgIpc) is 3.00. The lowest BCUT2D eigenvalue weighted by Gasteiger charge is -2.42. The number of benzene rings is 1. The smallest absolute Gasteiger partial charge is 0.227 e. The minimum atomic E-state index is -1.16. The van der Waals surface area contributed by atoms with Crippen LogP contribution < -0.4 is 10.2 Å². The van der Waals surface area contributed by atoms with Crippen LogP contribution >= 0.6 is 0 Å². The summed E-state index contributed by atoms with van der Waals surface area (Å²) in [7, 11) is -1.16. The molecule has 2 aliphatic heterocycles. The van der Waals surface area contributed by atoms with Crippen LogP contribution in [0.4, 0.5) is 11.8 Å². The van der Waals surface area contributed by atoms with Gasteiger partial charge >= 0.3 is 0 Å². The van der Waals surface area contributed by atoms with Crippen molar-refractivity contribution in [2.45, 2.75) is 86.3 Å². The van der Waals surface area contributed by atoms with Gasteiger partial charge in [0.15, 0.2) is 0 Å². The van der Waals surface area contributed by atoms with Crippen molar-refractivity contribution < 1.29 is 9.32 Å². The lowest BCUT2D eigenvalue weighted by molar-refractivity contribution is 0.143. The molecule has 176 valence electrons. The summed E-state index contributed by atoms with van der Waals surface area (Å²) in [5.41, 5.74) is 5.12. The minimum Gasteiger partial charge on any atom is -0.394 e. The van der Waals surface area contributed by atoms with Gasteiger partial charge in [-0.05, 0) is 81.4 Å². The maximum atomic E-state index is 13.3. The fourth-order valence-electron chi connectivity index (χ4n) is 5.83. The molecule has 6 nitrogen and oxygen atoms in total. The van der Waals surface area contributed by atoms with Crippen LogP contribution in [-0.4, -0.2) is 49.3 Å². The predicted molar refractivity (Wildman–Crippen MR) is 132 cm³/mol. The van der Waals surface area contributed by atoms with Gasteiger partial charge in [0.25, 0.3) is 0 Å². The molecule has 0 bridgehead atoms. The highest BCUT2D eigenvalue weighted by Gasteiger charge is 2.44. The topological polar surface area (TPSA) is 78.3 Å². The zero-order valence-corrected chi connectivity index (χ0v) is 20.5. The van der Waals surface area contributed by atoms with E-state index in [1.807, 2.05) is 13.8 Å². The second-order valence-corrected chi connectivity index (χ2v) is 13.1. The van der Waals surface area contributed by atoms with Gasteiger partial charge in [-0.1, -0.05) is 18.2 Å². The first-order chi connectivity index (χ1) is 15.9. The molecule has 0 unspecified atom stereocenters. The van der Waals surface area contributed by atoms with Crippen LogP contribution in [0.25, 0.3) is 0 Å². The molecule has 33 heavy (non-hydrogen) atoms. The summed E-state index contributed by atoms with van der Waals surface area (Å²) in [6.07, 6.45) is 8.28. The Kier molecular flexibility index (Phi) is 5.07. The molecule has 1 aromatic carbocycles. The van der Waals surface area contributed by atoms with Gasteiger partial charge in [0.05, 0.1) is 33.4 Å². The average molecular weight is 467 g/mol. The molecule has 2 aliphatic carbocycles. The van der Waals surface area contributed by atoms with E-state index in [0.29, 0.717) is 18.2 Å². The number of rotatable bonds is 5. The molecule has 1 saturated heterocycles. The van der Waals surface area contributed by atoms with E-state index >= 15 is 0 Å². The summed E-state index contributed by atoms with van der Waals surface area (Å²) in [5.74, 6) is 2.02. The summed E-state index contributed by atoms with van der Waals surface area (Å²) in [6.45, 7) is 6.01. The lowest BCUT2D eigenvalue weighted by atomic mass is 9.77. The van der Waals surface area contributed by atoms with E-state index in [0.717, 1.165) is 61.7 Å². The largest absolute Gasteiger partial charge is 0.394 e. The molecular weight excluding hydrogens is 432 g/mol. The molecule has 2 aromatic rings. The van der Waals surface area contributed by atoms with Crippen LogP contribution in [-0.2, 0) is 30.1 Å². The third-order valence-corrected chi connectivity index (χ3v) is 10.3. The second kappa shape index (κ2) is 7.77. The van der Waals surface area contributed by atoms with Gasteiger partial charge < -0.3 is 15.3 Å². The lowest BCUT2D eigenvalue weighted by Crippen LogP contribution is -2.49. The fourth-order valence-corrected chi connectivity index (χ4v) is 7.25. The Labute approximate surface area is 198 Å². The van der Waals surface area contributed by atoms with Crippen molar-refractivity contribution in [2.24, 2.45) is 0 Å². The van der Waals surface area contributed by atoms with Crippen molar-refractivity contribution in [2.75, 3.05) is 29.9 Å². The van der Waals surface area contributed by atoms with Crippen molar-refractivity contribution in [1.29, 1.82) is 0 Å². The molecule has 4 aliphatic rings. The molecule has 0 amide bonds. The van der Waals surface area contributed by atoms with Gasteiger partial charge in [-0.3, -0.25) is 4.21 Å². The third kappa shape index (κ3) is 3.59. The number of hydrogen-bond donors (Lipinski definition) is 2. The van der Waals surface area contributed by atoms with Gasteiger partial charge in [-0.2, -0.15) is 4.98 Å². The molecule has 2 N–H and O–H groups in total. The third-order valence-electron chi connectivity index (χ3n) is 8.34. The van der Waals surface area contributed by atoms with Crippen LogP contribution in [0.2, 0.25) is 0 Å².